The van der Waals surface area contributed by atoms with E-state index in [2.05, 4.69) is 9.97 Å². The highest BCUT2D eigenvalue weighted by molar-refractivity contribution is 5.25. The van der Waals surface area contributed by atoms with Gasteiger partial charge in [-0.25, -0.2) is 4.98 Å². The minimum atomic E-state index is 0.364. The molecule has 2 rings (SSSR count). The number of hydrogen-bond donors (Lipinski definition) is 0. The third-order valence-corrected chi connectivity index (χ3v) is 2.09. The molecule has 14 heavy (non-hydrogen) atoms. The lowest BCUT2D eigenvalue weighted by molar-refractivity contribution is 0.287. The van der Waals surface area contributed by atoms with Crippen LogP contribution in [0.25, 0.3) is 0 Å². The maximum Gasteiger partial charge on any atom is 0.217 e. The van der Waals surface area contributed by atoms with Gasteiger partial charge in [-0.2, -0.15) is 10.2 Å². The lowest BCUT2D eigenvalue weighted by Crippen LogP contribution is -2.03. The molecule has 0 unspecified atom stereocenters. The molecule has 0 bridgehead atoms. The number of nitrogens with zero attached hydrogens (tertiary/aromatic N) is 3. The topological polar surface area (TPSA) is 58.8 Å². The lowest BCUT2D eigenvalue weighted by atomic mass is 10.4. The van der Waals surface area contributed by atoms with Crippen molar-refractivity contribution < 1.29 is 4.74 Å². The van der Waals surface area contributed by atoms with Gasteiger partial charge in [-0.3, -0.25) is 0 Å². The number of aryl methyl sites for hydroxylation is 1. The largest absolute Gasteiger partial charge is 0.477 e. The van der Waals surface area contributed by atoms with Gasteiger partial charge < -0.3 is 4.74 Å². The molecule has 0 atom stereocenters. The molecule has 1 heterocycles. The van der Waals surface area contributed by atoms with E-state index in [1.807, 2.05) is 6.07 Å². The Balaban J connectivity index is 2.07. The van der Waals surface area contributed by atoms with E-state index in [-0.39, 0.29) is 0 Å². The van der Waals surface area contributed by atoms with Crippen molar-refractivity contribution in [2.24, 2.45) is 5.92 Å². The number of aromatic nitrogens is 2. The Morgan fingerprint density at radius 2 is 2.36 bits per heavy atom. The molecule has 0 spiro atoms. The fraction of sp³-hybridized carbons (Fsp3) is 0.500. The third kappa shape index (κ3) is 2.19. The predicted molar refractivity (Wildman–Crippen MR) is 49.7 cm³/mol. The molecule has 1 aliphatic carbocycles. The third-order valence-electron chi connectivity index (χ3n) is 2.09. The summed E-state index contributed by atoms with van der Waals surface area (Å²) in [6.45, 7) is 2.46. The zero-order valence-corrected chi connectivity index (χ0v) is 8.03. The summed E-state index contributed by atoms with van der Waals surface area (Å²) in [6.07, 6.45) is 2.49. The van der Waals surface area contributed by atoms with Crippen LogP contribution in [0.3, 0.4) is 0 Å². The van der Waals surface area contributed by atoms with E-state index in [9.17, 15) is 0 Å². The predicted octanol–water partition coefficient (Wildman–Crippen LogP) is 1.45. The molecule has 0 aromatic carbocycles. The fourth-order valence-electron chi connectivity index (χ4n) is 1.16. The zero-order chi connectivity index (χ0) is 9.97. The van der Waals surface area contributed by atoms with Gasteiger partial charge in [0.25, 0.3) is 0 Å². The molecule has 4 nitrogen and oxygen atoms in total. The average molecular weight is 189 g/mol. The molecule has 0 saturated heterocycles. The Labute approximate surface area is 82.6 Å². The zero-order valence-electron chi connectivity index (χ0n) is 8.03. The summed E-state index contributed by atoms with van der Waals surface area (Å²) in [5.41, 5.74) is 0.364. The molecule has 1 fully saturated rings. The summed E-state index contributed by atoms with van der Waals surface area (Å²) in [6, 6.07) is 3.56. The SMILES string of the molecule is Cc1nc(C#N)cc(OCC2CC2)n1. The van der Waals surface area contributed by atoms with Gasteiger partial charge >= 0.3 is 0 Å². The van der Waals surface area contributed by atoms with Crippen LogP contribution in [0.2, 0.25) is 0 Å². The Kier molecular flexibility index (Phi) is 2.32. The molecule has 0 N–H and O–H groups in total. The van der Waals surface area contributed by atoms with Crippen LogP contribution in [0.4, 0.5) is 0 Å². The van der Waals surface area contributed by atoms with E-state index in [0.717, 1.165) is 0 Å². The van der Waals surface area contributed by atoms with Gasteiger partial charge in [0.2, 0.25) is 5.88 Å². The van der Waals surface area contributed by atoms with Crippen LogP contribution in [0.1, 0.15) is 24.4 Å². The van der Waals surface area contributed by atoms with Crippen LogP contribution >= 0.6 is 0 Å². The van der Waals surface area contributed by atoms with E-state index < -0.39 is 0 Å². The van der Waals surface area contributed by atoms with E-state index in [0.29, 0.717) is 29.9 Å². The second-order valence-electron chi connectivity index (χ2n) is 3.50. The molecule has 0 aliphatic heterocycles. The minimum absolute atomic E-state index is 0.364. The standard InChI is InChI=1S/C10H11N3O/c1-7-12-9(5-11)4-10(13-7)14-6-8-2-3-8/h4,8H,2-3,6H2,1H3. The molecule has 4 heteroatoms. The maximum atomic E-state index is 8.68. The Morgan fingerprint density at radius 1 is 1.57 bits per heavy atom. The number of rotatable bonds is 3. The summed E-state index contributed by atoms with van der Waals surface area (Å²) >= 11 is 0. The van der Waals surface area contributed by atoms with Crippen molar-refractivity contribution in [2.45, 2.75) is 19.8 Å². The van der Waals surface area contributed by atoms with Gasteiger partial charge in [0.15, 0.2) is 0 Å². The quantitative estimate of drug-likeness (QED) is 0.722. The molecule has 0 amide bonds. The first-order valence-corrected chi connectivity index (χ1v) is 4.66. The van der Waals surface area contributed by atoms with Crippen LogP contribution in [0.15, 0.2) is 6.07 Å². The molecule has 72 valence electrons. The van der Waals surface area contributed by atoms with Crippen molar-refractivity contribution in [3.63, 3.8) is 0 Å². The molecular weight excluding hydrogens is 178 g/mol. The van der Waals surface area contributed by atoms with Crippen molar-refractivity contribution in [3.05, 3.63) is 17.6 Å². The second kappa shape index (κ2) is 3.62. The second-order valence-corrected chi connectivity index (χ2v) is 3.50. The monoisotopic (exact) mass is 189 g/mol. The van der Waals surface area contributed by atoms with Crippen LogP contribution < -0.4 is 4.74 Å². The van der Waals surface area contributed by atoms with E-state index in [1.165, 1.54) is 12.8 Å². The first kappa shape index (κ1) is 8.95. The Hall–Kier alpha value is -1.63. The van der Waals surface area contributed by atoms with Gasteiger partial charge in [0.1, 0.15) is 17.6 Å². The number of hydrogen-bond acceptors (Lipinski definition) is 4. The van der Waals surface area contributed by atoms with Crippen LogP contribution in [0, 0.1) is 24.2 Å². The van der Waals surface area contributed by atoms with Gasteiger partial charge in [0, 0.05) is 6.07 Å². The summed E-state index contributed by atoms with van der Waals surface area (Å²) < 4.78 is 5.45. The van der Waals surface area contributed by atoms with Crippen molar-refractivity contribution in [3.8, 4) is 11.9 Å². The van der Waals surface area contributed by atoms with Crippen molar-refractivity contribution in [1.29, 1.82) is 5.26 Å². The summed E-state index contributed by atoms with van der Waals surface area (Å²) in [7, 11) is 0. The first-order chi connectivity index (χ1) is 6.78. The van der Waals surface area contributed by atoms with Gasteiger partial charge in [-0.15, -0.1) is 0 Å². The van der Waals surface area contributed by atoms with Crippen molar-refractivity contribution >= 4 is 0 Å². The number of ether oxygens (including phenoxy) is 1. The lowest BCUT2D eigenvalue weighted by Gasteiger charge is -2.04. The highest BCUT2D eigenvalue weighted by Crippen LogP contribution is 2.29. The molecule has 1 aliphatic rings. The van der Waals surface area contributed by atoms with Gasteiger partial charge in [0.05, 0.1) is 6.61 Å². The smallest absolute Gasteiger partial charge is 0.217 e. The molecule has 1 aromatic rings. The van der Waals surface area contributed by atoms with Crippen molar-refractivity contribution in [2.75, 3.05) is 6.61 Å². The highest BCUT2D eigenvalue weighted by atomic mass is 16.5. The summed E-state index contributed by atoms with van der Waals surface area (Å²) in [4.78, 5) is 8.04. The summed E-state index contributed by atoms with van der Waals surface area (Å²) in [5.74, 6) is 1.78. The van der Waals surface area contributed by atoms with Crippen LogP contribution in [0.5, 0.6) is 5.88 Å². The van der Waals surface area contributed by atoms with E-state index in [4.69, 9.17) is 10.00 Å². The normalized spacial score (nSPS) is 14.9. The van der Waals surface area contributed by atoms with Crippen LogP contribution in [-0.2, 0) is 0 Å². The maximum absolute atomic E-state index is 8.68. The fourth-order valence-corrected chi connectivity index (χ4v) is 1.16. The highest BCUT2D eigenvalue weighted by Gasteiger charge is 2.22. The minimum Gasteiger partial charge on any atom is -0.477 e. The summed E-state index contributed by atoms with van der Waals surface area (Å²) in [5, 5.41) is 8.68. The van der Waals surface area contributed by atoms with E-state index >= 15 is 0 Å². The molecule has 1 aromatic heterocycles. The molecular formula is C10H11N3O. The number of nitriles is 1. The average Bonchev–Trinajstić information content (AvgIpc) is 2.97. The molecule has 0 radical (unpaired) electrons. The van der Waals surface area contributed by atoms with Gasteiger partial charge in [-0.1, -0.05) is 0 Å². The first-order valence-electron chi connectivity index (χ1n) is 4.66. The van der Waals surface area contributed by atoms with Crippen LogP contribution in [-0.4, -0.2) is 16.6 Å². The van der Waals surface area contributed by atoms with Gasteiger partial charge in [-0.05, 0) is 25.7 Å². The van der Waals surface area contributed by atoms with Crippen molar-refractivity contribution in [1.82, 2.24) is 9.97 Å². The van der Waals surface area contributed by atoms with E-state index in [1.54, 1.807) is 13.0 Å². The Bertz CT molecular complexity index is 379. The molecule has 1 saturated carbocycles. The Morgan fingerprint density at radius 3 is 3.00 bits per heavy atom.